The first-order chi connectivity index (χ1) is 16.3. The highest BCUT2D eigenvalue weighted by molar-refractivity contribution is 6.22. The lowest BCUT2D eigenvalue weighted by atomic mass is 9.85. The second-order valence-electron chi connectivity index (χ2n) is 9.23. The summed E-state index contributed by atoms with van der Waals surface area (Å²) in [6.45, 7) is 4.14. The van der Waals surface area contributed by atoms with Crippen LogP contribution in [-0.2, 0) is 19.2 Å². The van der Waals surface area contributed by atoms with Gasteiger partial charge in [-0.1, -0.05) is 36.4 Å². The molecule has 3 atom stereocenters. The highest BCUT2D eigenvalue weighted by Gasteiger charge is 2.48. The maximum absolute atomic E-state index is 12.9. The van der Waals surface area contributed by atoms with Gasteiger partial charge < -0.3 is 9.64 Å². The number of carbonyl (C=O) groups is 4. The standard InChI is InChI=1S/C27H26N2O5/c1-16-7-5-8-17(2)24(16)28-15-18(13-23(28)30)27(33)34-20-10-6-9-19(14-20)29-25(31)21-11-3-4-12-22(21)26(29)32/h3-10,14,18,21-22H,11-13,15H2,1-2H3/t18-,21-,22+/m0/s1. The van der Waals surface area contributed by atoms with E-state index in [9.17, 15) is 19.2 Å². The number of aryl methyl sites for hydroxylation is 2. The molecule has 0 aromatic heterocycles. The summed E-state index contributed by atoms with van der Waals surface area (Å²) < 4.78 is 5.60. The second kappa shape index (κ2) is 8.56. The Labute approximate surface area is 198 Å². The average Bonchev–Trinajstić information content (AvgIpc) is 3.32. The number of rotatable bonds is 4. The summed E-state index contributed by atoms with van der Waals surface area (Å²) in [7, 11) is 0. The van der Waals surface area contributed by atoms with E-state index in [2.05, 4.69) is 0 Å². The molecule has 0 N–H and O–H groups in total. The fourth-order valence-corrected chi connectivity index (χ4v) is 5.25. The van der Waals surface area contributed by atoms with Gasteiger partial charge in [0.1, 0.15) is 5.75 Å². The van der Waals surface area contributed by atoms with Crippen molar-refractivity contribution in [2.45, 2.75) is 33.1 Å². The summed E-state index contributed by atoms with van der Waals surface area (Å²) in [5.74, 6) is -2.06. The number of hydrogen-bond donors (Lipinski definition) is 0. The second-order valence-corrected chi connectivity index (χ2v) is 9.23. The molecule has 3 aliphatic rings. The molecule has 1 aliphatic carbocycles. The summed E-state index contributed by atoms with van der Waals surface area (Å²) in [4.78, 5) is 54.2. The van der Waals surface area contributed by atoms with Crippen LogP contribution in [0, 0.1) is 31.6 Å². The number of imide groups is 1. The van der Waals surface area contributed by atoms with Crippen molar-refractivity contribution < 1.29 is 23.9 Å². The van der Waals surface area contributed by atoms with Gasteiger partial charge in [0.05, 0.1) is 23.4 Å². The molecule has 2 fully saturated rings. The number of ether oxygens (including phenoxy) is 1. The smallest absolute Gasteiger partial charge is 0.316 e. The third kappa shape index (κ3) is 3.71. The molecule has 2 heterocycles. The van der Waals surface area contributed by atoms with Crippen LogP contribution >= 0.6 is 0 Å². The van der Waals surface area contributed by atoms with Crippen LogP contribution in [-0.4, -0.2) is 30.2 Å². The van der Waals surface area contributed by atoms with Crippen molar-refractivity contribution in [3.63, 3.8) is 0 Å². The molecule has 3 amide bonds. The van der Waals surface area contributed by atoms with E-state index in [0.29, 0.717) is 18.5 Å². The van der Waals surface area contributed by atoms with Gasteiger partial charge in [-0.05, 0) is 49.9 Å². The molecule has 0 spiro atoms. The Morgan fingerprint density at radius 3 is 2.18 bits per heavy atom. The van der Waals surface area contributed by atoms with Gasteiger partial charge in [-0.3, -0.25) is 19.2 Å². The van der Waals surface area contributed by atoms with Crippen LogP contribution in [0.15, 0.2) is 54.6 Å². The molecule has 0 bridgehead atoms. The number of nitrogens with zero attached hydrogens (tertiary/aromatic N) is 2. The topological polar surface area (TPSA) is 84.0 Å². The molecule has 2 aromatic rings. The lowest BCUT2D eigenvalue weighted by molar-refractivity contribution is -0.139. The van der Waals surface area contributed by atoms with E-state index in [-0.39, 0.29) is 48.3 Å². The highest BCUT2D eigenvalue weighted by Crippen LogP contribution is 2.38. The van der Waals surface area contributed by atoms with Gasteiger partial charge in [-0.25, -0.2) is 4.90 Å². The van der Waals surface area contributed by atoms with Crippen molar-refractivity contribution in [2.24, 2.45) is 17.8 Å². The van der Waals surface area contributed by atoms with E-state index >= 15 is 0 Å². The predicted octanol–water partition coefficient (Wildman–Crippen LogP) is 3.72. The van der Waals surface area contributed by atoms with Crippen molar-refractivity contribution >= 4 is 35.1 Å². The summed E-state index contributed by atoms with van der Waals surface area (Å²) in [6.07, 6.45) is 5.09. The third-order valence-electron chi connectivity index (χ3n) is 6.97. The van der Waals surface area contributed by atoms with E-state index in [1.807, 2.05) is 44.2 Å². The molecule has 0 radical (unpaired) electrons. The Bertz CT molecular complexity index is 1190. The minimum absolute atomic E-state index is 0.0752. The molecule has 0 unspecified atom stereocenters. The Balaban J connectivity index is 1.31. The number of allylic oxidation sites excluding steroid dienone is 2. The van der Waals surface area contributed by atoms with Gasteiger partial charge in [0.2, 0.25) is 17.7 Å². The number of anilines is 2. The largest absolute Gasteiger partial charge is 0.426 e. The number of hydrogen-bond acceptors (Lipinski definition) is 5. The Morgan fingerprint density at radius 2 is 1.53 bits per heavy atom. The lowest BCUT2D eigenvalue weighted by Gasteiger charge is -2.21. The van der Waals surface area contributed by atoms with E-state index in [4.69, 9.17) is 4.74 Å². The number of para-hydroxylation sites is 1. The Morgan fingerprint density at radius 1 is 0.912 bits per heavy atom. The SMILES string of the molecule is Cc1cccc(C)c1N1C[C@@H](C(=O)Oc2cccc(N3C(=O)[C@H]4CC=CC[C@H]4C3=O)c2)CC1=O. The van der Waals surface area contributed by atoms with Gasteiger partial charge in [0, 0.05) is 24.7 Å². The summed E-state index contributed by atoms with van der Waals surface area (Å²) >= 11 is 0. The van der Waals surface area contributed by atoms with E-state index in [1.165, 1.54) is 4.90 Å². The predicted molar refractivity (Wildman–Crippen MR) is 126 cm³/mol. The molecular weight excluding hydrogens is 432 g/mol. The van der Waals surface area contributed by atoms with Crippen molar-refractivity contribution in [3.8, 4) is 5.75 Å². The molecule has 174 valence electrons. The molecule has 2 aromatic carbocycles. The molecular formula is C27H26N2O5. The normalized spacial score (nSPS) is 24.1. The zero-order valence-corrected chi connectivity index (χ0v) is 19.2. The maximum atomic E-state index is 12.9. The first-order valence-corrected chi connectivity index (χ1v) is 11.6. The number of amides is 3. The fraction of sp³-hybridized carbons (Fsp3) is 0.333. The van der Waals surface area contributed by atoms with Gasteiger partial charge in [-0.15, -0.1) is 0 Å². The fourth-order valence-electron chi connectivity index (χ4n) is 5.25. The molecule has 7 nitrogen and oxygen atoms in total. The van der Waals surface area contributed by atoms with Crippen LogP contribution in [0.25, 0.3) is 0 Å². The van der Waals surface area contributed by atoms with Crippen LogP contribution < -0.4 is 14.5 Å². The summed E-state index contributed by atoms with van der Waals surface area (Å²) in [5.41, 5.74) is 3.19. The van der Waals surface area contributed by atoms with Crippen LogP contribution in [0.5, 0.6) is 5.75 Å². The van der Waals surface area contributed by atoms with Gasteiger partial charge >= 0.3 is 5.97 Å². The van der Waals surface area contributed by atoms with Crippen LogP contribution in [0.3, 0.4) is 0 Å². The molecule has 2 saturated heterocycles. The lowest BCUT2D eigenvalue weighted by Crippen LogP contribution is -2.31. The van der Waals surface area contributed by atoms with E-state index in [1.54, 1.807) is 29.2 Å². The zero-order chi connectivity index (χ0) is 24.0. The monoisotopic (exact) mass is 458 g/mol. The first kappa shape index (κ1) is 22.1. The van der Waals surface area contributed by atoms with E-state index in [0.717, 1.165) is 16.8 Å². The van der Waals surface area contributed by atoms with Crippen molar-refractivity contribution in [1.82, 2.24) is 0 Å². The number of benzene rings is 2. The first-order valence-electron chi connectivity index (χ1n) is 11.6. The van der Waals surface area contributed by atoms with Crippen molar-refractivity contribution in [1.29, 1.82) is 0 Å². The third-order valence-corrected chi connectivity index (χ3v) is 6.97. The Kier molecular flexibility index (Phi) is 5.55. The maximum Gasteiger partial charge on any atom is 0.316 e. The van der Waals surface area contributed by atoms with Crippen LogP contribution in [0.4, 0.5) is 11.4 Å². The van der Waals surface area contributed by atoms with Crippen molar-refractivity contribution in [3.05, 3.63) is 65.7 Å². The highest BCUT2D eigenvalue weighted by atomic mass is 16.5. The Hall–Kier alpha value is -3.74. The molecule has 0 saturated carbocycles. The number of carbonyl (C=O) groups excluding carboxylic acids is 4. The molecule has 2 aliphatic heterocycles. The van der Waals surface area contributed by atoms with Gasteiger partial charge in [-0.2, -0.15) is 0 Å². The number of fused-ring (bicyclic) bond motifs is 1. The minimum atomic E-state index is -0.598. The zero-order valence-electron chi connectivity index (χ0n) is 19.2. The van der Waals surface area contributed by atoms with Gasteiger partial charge in [0.15, 0.2) is 0 Å². The molecule has 7 heteroatoms. The van der Waals surface area contributed by atoms with Crippen LogP contribution in [0.2, 0.25) is 0 Å². The van der Waals surface area contributed by atoms with Crippen LogP contribution in [0.1, 0.15) is 30.4 Å². The number of esters is 1. The van der Waals surface area contributed by atoms with Gasteiger partial charge in [0.25, 0.3) is 0 Å². The quantitative estimate of drug-likeness (QED) is 0.302. The van der Waals surface area contributed by atoms with E-state index < -0.39 is 11.9 Å². The van der Waals surface area contributed by atoms with Crippen molar-refractivity contribution in [2.75, 3.05) is 16.3 Å². The molecule has 34 heavy (non-hydrogen) atoms. The summed E-state index contributed by atoms with van der Waals surface area (Å²) in [5, 5.41) is 0. The minimum Gasteiger partial charge on any atom is -0.426 e. The molecule has 5 rings (SSSR count). The summed E-state index contributed by atoms with van der Waals surface area (Å²) in [6, 6.07) is 12.3. The average molecular weight is 459 g/mol.